The Balaban J connectivity index is 2.43. The lowest BCUT2D eigenvalue weighted by molar-refractivity contribution is 0.397. The number of rotatable bonds is 9. The predicted molar refractivity (Wildman–Crippen MR) is 79.0 cm³/mol. The zero-order valence-electron chi connectivity index (χ0n) is 12.2. The maximum atomic E-state index is 5.54. The molecule has 0 saturated carbocycles. The van der Waals surface area contributed by atoms with Crippen LogP contribution in [-0.2, 0) is 6.42 Å². The quantitative estimate of drug-likeness (QED) is 0.669. The molecule has 0 aromatic heterocycles. The van der Waals surface area contributed by atoms with Crippen LogP contribution >= 0.6 is 0 Å². The van der Waals surface area contributed by atoms with E-state index >= 15 is 0 Å². The van der Waals surface area contributed by atoms with Gasteiger partial charge in [-0.2, -0.15) is 0 Å². The molecule has 3 N–H and O–H groups in total. The predicted octanol–water partition coefficient (Wildman–Crippen LogP) is 1.82. The summed E-state index contributed by atoms with van der Waals surface area (Å²) in [6, 6.07) is 5.90. The van der Waals surface area contributed by atoms with Crippen LogP contribution < -0.4 is 20.5 Å². The number of hydrogen-bond donors (Lipinski definition) is 2. The lowest BCUT2D eigenvalue weighted by Crippen LogP contribution is -2.25. The fraction of sp³-hybridized carbons (Fsp3) is 0.600. The Hall–Kier alpha value is -1.26. The minimum absolute atomic E-state index is 0.622. The SMILES string of the molecule is COc1ccc(OC)c(CCNCC(C)CCN)c1. The van der Waals surface area contributed by atoms with E-state index in [4.69, 9.17) is 15.2 Å². The number of hydrogen-bond acceptors (Lipinski definition) is 4. The van der Waals surface area contributed by atoms with E-state index in [1.165, 1.54) is 5.56 Å². The molecule has 1 aromatic rings. The van der Waals surface area contributed by atoms with E-state index in [0.29, 0.717) is 5.92 Å². The maximum Gasteiger partial charge on any atom is 0.122 e. The summed E-state index contributed by atoms with van der Waals surface area (Å²) in [4.78, 5) is 0. The lowest BCUT2D eigenvalue weighted by atomic mass is 10.1. The Bertz CT molecular complexity index is 369. The van der Waals surface area contributed by atoms with E-state index < -0.39 is 0 Å². The van der Waals surface area contributed by atoms with Gasteiger partial charge < -0.3 is 20.5 Å². The van der Waals surface area contributed by atoms with Crippen LogP contribution in [0.2, 0.25) is 0 Å². The molecule has 0 aliphatic heterocycles. The molecular formula is C15H26N2O2. The standard InChI is InChI=1S/C15H26N2O2/c1-12(6-8-16)11-17-9-7-13-10-14(18-2)4-5-15(13)19-3/h4-5,10,12,17H,6-9,11,16H2,1-3H3. The van der Waals surface area contributed by atoms with Crippen molar-refractivity contribution in [3.63, 3.8) is 0 Å². The van der Waals surface area contributed by atoms with Gasteiger partial charge in [0.25, 0.3) is 0 Å². The number of nitrogens with two attached hydrogens (primary N) is 1. The fourth-order valence-electron chi connectivity index (χ4n) is 2.04. The van der Waals surface area contributed by atoms with Crippen LogP contribution in [-0.4, -0.2) is 33.9 Å². The van der Waals surface area contributed by atoms with Crippen molar-refractivity contribution in [1.29, 1.82) is 0 Å². The van der Waals surface area contributed by atoms with Crippen LogP contribution in [0.4, 0.5) is 0 Å². The summed E-state index contributed by atoms with van der Waals surface area (Å²) in [6.07, 6.45) is 1.99. The average Bonchev–Trinajstić information content (AvgIpc) is 2.43. The first-order chi connectivity index (χ1) is 9.21. The minimum Gasteiger partial charge on any atom is -0.497 e. The molecule has 19 heavy (non-hydrogen) atoms. The van der Waals surface area contributed by atoms with Gasteiger partial charge in [0.05, 0.1) is 14.2 Å². The summed E-state index contributed by atoms with van der Waals surface area (Å²) >= 11 is 0. The smallest absolute Gasteiger partial charge is 0.122 e. The van der Waals surface area contributed by atoms with Crippen LogP contribution in [0.3, 0.4) is 0 Å². The highest BCUT2D eigenvalue weighted by Gasteiger charge is 2.05. The van der Waals surface area contributed by atoms with Crippen molar-refractivity contribution in [3.8, 4) is 11.5 Å². The molecule has 0 spiro atoms. The molecule has 108 valence electrons. The van der Waals surface area contributed by atoms with Crippen LogP contribution in [0.1, 0.15) is 18.9 Å². The molecule has 0 aliphatic carbocycles. The van der Waals surface area contributed by atoms with Crippen molar-refractivity contribution < 1.29 is 9.47 Å². The third kappa shape index (κ3) is 5.49. The molecule has 0 bridgehead atoms. The molecule has 4 heteroatoms. The Morgan fingerprint density at radius 2 is 2.05 bits per heavy atom. The van der Waals surface area contributed by atoms with E-state index in [1.54, 1.807) is 14.2 Å². The van der Waals surface area contributed by atoms with E-state index in [1.807, 2.05) is 18.2 Å². The summed E-state index contributed by atoms with van der Waals surface area (Å²) in [5.74, 6) is 2.40. The van der Waals surface area contributed by atoms with Gasteiger partial charge in [-0.15, -0.1) is 0 Å². The third-order valence-electron chi connectivity index (χ3n) is 3.21. The number of benzene rings is 1. The van der Waals surface area contributed by atoms with Gasteiger partial charge in [0.2, 0.25) is 0 Å². The van der Waals surface area contributed by atoms with E-state index in [2.05, 4.69) is 12.2 Å². The van der Waals surface area contributed by atoms with Gasteiger partial charge in [-0.25, -0.2) is 0 Å². The highest BCUT2D eigenvalue weighted by atomic mass is 16.5. The van der Waals surface area contributed by atoms with Gasteiger partial charge in [-0.1, -0.05) is 6.92 Å². The molecule has 1 aromatic carbocycles. The summed E-state index contributed by atoms with van der Waals surface area (Å²) in [7, 11) is 3.38. The Morgan fingerprint density at radius 1 is 1.26 bits per heavy atom. The van der Waals surface area contributed by atoms with E-state index in [0.717, 1.165) is 44.0 Å². The first kappa shape index (κ1) is 15.8. The molecule has 1 atom stereocenters. The second kappa shape index (κ2) is 8.77. The van der Waals surface area contributed by atoms with Crippen molar-refractivity contribution in [2.24, 2.45) is 11.7 Å². The van der Waals surface area contributed by atoms with Crippen LogP contribution in [0.15, 0.2) is 18.2 Å². The molecule has 0 radical (unpaired) electrons. The molecule has 0 amide bonds. The van der Waals surface area contributed by atoms with Crippen LogP contribution in [0, 0.1) is 5.92 Å². The molecule has 4 nitrogen and oxygen atoms in total. The number of ether oxygens (including phenoxy) is 2. The van der Waals surface area contributed by atoms with Crippen molar-refractivity contribution in [1.82, 2.24) is 5.32 Å². The first-order valence-electron chi connectivity index (χ1n) is 6.83. The monoisotopic (exact) mass is 266 g/mol. The molecule has 0 fully saturated rings. The van der Waals surface area contributed by atoms with E-state index in [-0.39, 0.29) is 0 Å². The Kier molecular flexibility index (Phi) is 7.30. The Morgan fingerprint density at radius 3 is 2.68 bits per heavy atom. The molecule has 1 unspecified atom stereocenters. The van der Waals surface area contributed by atoms with Gasteiger partial charge in [0.1, 0.15) is 11.5 Å². The summed E-state index contributed by atoms with van der Waals surface area (Å²) in [5, 5.41) is 3.46. The van der Waals surface area contributed by atoms with Gasteiger partial charge in [-0.05, 0) is 62.2 Å². The molecule has 0 aliphatic rings. The van der Waals surface area contributed by atoms with Gasteiger partial charge in [0, 0.05) is 0 Å². The second-order valence-electron chi connectivity index (χ2n) is 4.81. The lowest BCUT2D eigenvalue weighted by Gasteiger charge is -2.13. The molecule has 0 heterocycles. The summed E-state index contributed by atoms with van der Waals surface area (Å²) < 4.78 is 10.6. The van der Waals surface area contributed by atoms with Crippen molar-refractivity contribution in [2.45, 2.75) is 19.8 Å². The third-order valence-corrected chi connectivity index (χ3v) is 3.21. The summed E-state index contributed by atoms with van der Waals surface area (Å²) in [6.45, 7) is 4.90. The van der Waals surface area contributed by atoms with Crippen molar-refractivity contribution in [2.75, 3.05) is 33.9 Å². The largest absolute Gasteiger partial charge is 0.497 e. The average molecular weight is 266 g/mol. The van der Waals surface area contributed by atoms with E-state index in [9.17, 15) is 0 Å². The first-order valence-corrected chi connectivity index (χ1v) is 6.83. The van der Waals surface area contributed by atoms with Crippen molar-refractivity contribution in [3.05, 3.63) is 23.8 Å². The number of methoxy groups -OCH3 is 2. The van der Waals surface area contributed by atoms with Crippen molar-refractivity contribution >= 4 is 0 Å². The van der Waals surface area contributed by atoms with Gasteiger partial charge in [0.15, 0.2) is 0 Å². The number of nitrogens with one attached hydrogen (secondary N) is 1. The molecule has 1 rings (SSSR count). The van der Waals surface area contributed by atoms with Gasteiger partial charge in [-0.3, -0.25) is 0 Å². The van der Waals surface area contributed by atoms with Crippen LogP contribution in [0.25, 0.3) is 0 Å². The normalized spacial score (nSPS) is 12.2. The molecular weight excluding hydrogens is 240 g/mol. The minimum atomic E-state index is 0.622. The summed E-state index contributed by atoms with van der Waals surface area (Å²) in [5.41, 5.74) is 6.70. The highest BCUT2D eigenvalue weighted by molar-refractivity contribution is 5.40. The maximum absolute atomic E-state index is 5.54. The molecule has 0 saturated heterocycles. The zero-order chi connectivity index (χ0) is 14.1. The highest BCUT2D eigenvalue weighted by Crippen LogP contribution is 2.24. The topological polar surface area (TPSA) is 56.5 Å². The fourth-order valence-corrected chi connectivity index (χ4v) is 2.04. The Labute approximate surface area is 116 Å². The second-order valence-corrected chi connectivity index (χ2v) is 4.81. The zero-order valence-corrected chi connectivity index (χ0v) is 12.2. The van der Waals surface area contributed by atoms with Gasteiger partial charge >= 0.3 is 0 Å². The van der Waals surface area contributed by atoms with Crippen LogP contribution in [0.5, 0.6) is 11.5 Å².